The van der Waals surface area contributed by atoms with Crippen LogP contribution < -0.4 is 29.6 Å². The summed E-state index contributed by atoms with van der Waals surface area (Å²) >= 11 is 2.63. The number of ketones is 2. The quantitative estimate of drug-likeness (QED) is 0.0487. The van der Waals surface area contributed by atoms with Gasteiger partial charge in [-0.2, -0.15) is 0 Å². The van der Waals surface area contributed by atoms with Gasteiger partial charge in [0.15, 0.2) is 11.5 Å². The minimum Gasteiger partial charge on any atom is -0.508 e. The van der Waals surface area contributed by atoms with Gasteiger partial charge in [0, 0.05) is 44.4 Å². The number of aryl methyl sites for hydroxylation is 1. The maximum Gasteiger partial charge on any atom is 0.207 e. The number of likely N-dealkylation sites (N-methyl/N-ethyl adjacent to an activating group) is 2. The number of carbonyl (C=O) groups is 2. The number of hydrogen-bond donors (Lipinski definition) is 4. The molecule has 63 heavy (non-hydrogen) atoms. The van der Waals surface area contributed by atoms with E-state index in [4.69, 9.17) is 18.9 Å². The summed E-state index contributed by atoms with van der Waals surface area (Å²) in [7, 11) is 0. The van der Waals surface area contributed by atoms with Gasteiger partial charge in [-0.3, -0.25) is 9.59 Å². The molecule has 0 fully saturated rings. The number of phenolic OH excluding ortho intramolecular Hbond substituents is 2. The topological polar surface area (TPSA) is 136 Å². The minimum absolute atomic E-state index is 0.0952. The fourth-order valence-electron chi connectivity index (χ4n) is 6.57. The van der Waals surface area contributed by atoms with Crippen LogP contribution in [0.4, 0.5) is 0 Å². The fraction of sp³-hybridized carbons (Fsp3) is 0.176. The molecule has 0 saturated carbocycles. The van der Waals surface area contributed by atoms with E-state index in [1.807, 2.05) is 97.9 Å². The molecule has 2 heterocycles. The van der Waals surface area contributed by atoms with Crippen LogP contribution in [0.2, 0.25) is 0 Å². The number of hydrogen-bond acceptors (Lipinski definition) is 12. The lowest BCUT2D eigenvalue weighted by molar-refractivity contribution is 0.103. The van der Waals surface area contributed by atoms with Gasteiger partial charge in [-0.25, -0.2) is 0 Å². The largest absolute Gasteiger partial charge is 0.508 e. The first-order chi connectivity index (χ1) is 30.7. The number of aromatic hydroxyl groups is 2. The summed E-state index contributed by atoms with van der Waals surface area (Å²) in [6.45, 7) is 10.6. The van der Waals surface area contributed by atoms with E-state index in [9.17, 15) is 19.8 Å². The lowest BCUT2D eigenvalue weighted by Gasteiger charge is -2.10. The normalized spacial score (nSPS) is 10.9. The number of carbonyl (C=O) groups excluding carboxylic acids is 2. The van der Waals surface area contributed by atoms with Gasteiger partial charge >= 0.3 is 0 Å². The van der Waals surface area contributed by atoms with Crippen LogP contribution in [0.5, 0.6) is 46.0 Å². The van der Waals surface area contributed by atoms with E-state index in [2.05, 4.69) is 24.5 Å². The van der Waals surface area contributed by atoms with E-state index in [0.717, 1.165) is 63.4 Å². The van der Waals surface area contributed by atoms with Gasteiger partial charge in [0.05, 0.1) is 0 Å². The Labute approximate surface area is 374 Å². The highest BCUT2D eigenvalue weighted by atomic mass is 32.1. The molecule has 2 aromatic heterocycles. The van der Waals surface area contributed by atoms with Crippen molar-refractivity contribution in [1.82, 2.24) is 10.6 Å². The molecule has 0 spiro atoms. The highest BCUT2D eigenvalue weighted by Gasteiger charge is 2.24. The zero-order valence-electron chi connectivity index (χ0n) is 35.2. The van der Waals surface area contributed by atoms with Crippen molar-refractivity contribution in [1.29, 1.82) is 0 Å². The van der Waals surface area contributed by atoms with Crippen LogP contribution in [0, 0.1) is 6.92 Å². The molecule has 0 aliphatic carbocycles. The van der Waals surface area contributed by atoms with Crippen LogP contribution in [0.25, 0.3) is 20.2 Å². The number of phenols is 2. The molecule has 0 atom stereocenters. The van der Waals surface area contributed by atoms with Crippen molar-refractivity contribution in [2.45, 2.75) is 20.8 Å². The zero-order chi connectivity index (χ0) is 44.1. The Hall–Kier alpha value is -6.70. The second kappa shape index (κ2) is 21.4. The summed E-state index contributed by atoms with van der Waals surface area (Å²) in [5.74, 6) is 3.81. The average Bonchev–Trinajstić information content (AvgIpc) is 3.84. The lowest BCUT2D eigenvalue weighted by Crippen LogP contribution is -2.20. The Kier molecular flexibility index (Phi) is 15.1. The molecule has 8 aromatic rings. The van der Waals surface area contributed by atoms with Crippen LogP contribution in [-0.2, 0) is 0 Å². The zero-order valence-corrected chi connectivity index (χ0v) is 36.8. The summed E-state index contributed by atoms with van der Waals surface area (Å²) in [5, 5.41) is 27.8. The first-order valence-corrected chi connectivity index (χ1v) is 22.3. The van der Waals surface area contributed by atoms with Crippen molar-refractivity contribution in [2.75, 3.05) is 39.4 Å². The minimum atomic E-state index is -0.111. The number of ether oxygens (including phenoxy) is 4. The molecule has 8 rings (SSSR count). The van der Waals surface area contributed by atoms with Crippen LogP contribution >= 0.6 is 22.7 Å². The molecule has 322 valence electrons. The Morgan fingerprint density at radius 1 is 0.540 bits per heavy atom. The van der Waals surface area contributed by atoms with Gasteiger partial charge in [0.2, 0.25) is 11.6 Å². The van der Waals surface area contributed by atoms with E-state index >= 15 is 0 Å². The molecular formula is C51H48N2O8S2. The van der Waals surface area contributed by atoms with Crippen LogP contribution in [-0.4, -0.2) is 61.2 Å². The monoisotopic (exact) mass is 880 g/mol. The van der Waals surface area contributed by atoms with E-state index in [1.165, 1.54) is 22.7 Å². The number of fused-ring (bicyclic) bond motifs is 2. The molecule has 4 N–H and O–H groups in total. The first kappa shape index (κ1) is 44.4. The second-order valence-electron chi connectivity index (χ2n) is 14.3. The average molecular weight is 881 g/mol. The maximum absolute atomic E-state index is 13.4. The number of thiophene rings is 2. The van der Waals surface area contributed by atoms with Crippen molar-refractivity contribution >= 4 is 54.4 Å². The predicted octanol–water partition coefficient (Wildman–Crippen LogP) is 11.5. The van der Waals surface area contributed by atoms with Crippen molar-refractivity contribution in [3.8, 4) is 46.0 Å². The third-order valence-electron chi connectivity index (χ3n) is 9.78. The van der Waals surface area contributed by atoms with Crippen LogP contribution in [0.15, 0.2) is 140 Å². The van der Waals surface area contributed by atoms with Crippen molar-refractivity contribution in [3.05, 3.63) is 166 Å². The third kappa shape index (κ3) is 11.2. The number of benzene rings is 6. The van der Waals surface area contributed by atoms with Crippen LogP contribution in [0.3, 0.4) is 0 Å². The van der Waals surface area contributed by atoms with Gasteiger partial charge in [0.1, 0.15) is 57.5 Å². The van der Waals surface area contributed by atoms with E-state index in [1.54, 1.807) is 48.5 Å². The van der Waals surface area contributed by atoms with Gasteiger partial charge in [-0.1, -0.05) is 68.4 Å². The highest BCUT2D eigenvalue weighted by molar-refractivity contribution is 7.22. The first-order valence-electron chi connectivity index (χ1n) is 20.7. The van der Waals surface area contributed by atoms with E-state index < -0.39 is 0 Å². The van der Waals surface area contributed by atoms with Gasteiger partial charge < -0.3 is 39.8 Å². The molecule has 0 radical (unpaired) electrons. The summed E-state index contributed by atoms with van der Waals surface area (Å²) in [6.07, 6.45) is 0. The third-order valence-corrected chi connectivity index (χ3v) is 12.0. The number of nitrogens with one attached hydrogen (secondary N) is 2. The summed E-state index contributed by atoms with van der Waals surface area (Å²) < 4.78 is 25.4. The Bertz CT molecular complexity index is 2780. The smallest absolute Gasteiger partial charge is 0.207 e. The molecule has 0 amide bonds. The van der Waals surface area contributed by atoms with Crippen molar-refractivity contribution < 1.29 is 38.7 Å². The van der Waals surface area contributed by atoms with Crippen molar-refractivity contribution in [3.63, 3.8) is 0 Å². The summed E-state index contributed by atoms with van der Waals surface area (Å²) in [5.41, 5.74) is 2.13. The Morgan fingerprint density at radius 3 is 1.46 bits per heavy atom. The molecule has 0 unspecified atom stereocenters. The molecule has 0 bridgehead atoms. The predicted molar refractivity (Wildman–Crippen MR) is 253 cm³/mol. The Morgan fingerprint density at radius 2 is 0.984 bits per heavy atom. The second-order valence-corrected chi connectivity index (χ2v) is 16.4. The van der Waals surface area contributed by atoms with E-state index in [-0.39, 0.29) is 23.1 Å². The van der Waals surface area contributed by atoms with Gasteiger partial charge in [-0.05, 0) is 111 Å². The molecule has 10 nitrogen and oxygen atoms in total. The van der Waals surface area contributed by atoms with Gasteiger partial charge in [0.25, 0.3) is 0 Å². The molecule has 0 saturated heterocycles. The van der Waals surface area contributed by atoms with E-state index in [0.29, 0.717) is 57.1 Å². The molecule has 0 aliphatic rings. The van der Waals surface area contributed by atoms with Crippen molar-refractivity contribution in [2.24, 2.45) is 0 Å². The van der Waals surface area contributed by atoms with Crippen LogP contribution in [0.1, 0.15) is 49.9 Å². The summed E-state index contributed by atoms with van der Waals surface area (Å²) in [6, 6.07) is 41.4. The SMILES string of the molecule is CCNCCOc1ccc(Oc2c(C(=O)c3ccccc3)sc3cc(O)ccc23)cc1.CCNCCOc1ccc(Oc2c(C(=O)c3ccccc3C)sc3cc(O)ccc23)cc1. The fourth-order valence-corrected chi connectivity index (χ4v) is 8.82. The molecule has 6 aromatic carbocycles. The molecular weight excluding hydrogens is 833 g/mol. The number of rotatable bonds is 18. The Balaban J connectivity index is 0.000000189. The highest BCUT2D eigenvalue weighted by Crippen LogP contribution is 2.44. The standard InChI is InChI=1S/C26H25NO4S.C25H23NO4S/c1-3-27-14-15-30-19-9-11-20(12-10-19)31-25-22-13-8-18(28)16-23(22)32-26(25)24(29)21-7-5-4-6-17(21)2;1-2-26-14-15-29-19-9-11-20(12-10-19)30-24-21-13-8-18(27)16-22(21)31-25(24)23(28)17-6-4-3-5-7-17/h4-13,16,27-28H,3,14-15H2,1-2H3;3-13,16,26-27H,2,14-15H2,1H3. The van der Waals surface area contributed by atoms with Gasteiger partial charge in [-0.15, -0.1) is 22.7 Å². The summed E-state index contributed by atoms with van der Waals surface area (Å²) in [4.78, 5) is 27.6. The molecule has 12 heteroatoms. The lowest BCUT2D eigenvalue weighted by atomic mass is 10.0. The maximum atomic E-state index is 13.4. The molecule has 0 aliphatic heterocycles.